The van der Waals surface area contributed by atoms with Crippen molar-refractivity contribution in [3.05, 3.63) is 136 Å². The molecule has 1 aliphatic rings. The Morgan fingerprint density at radius 2 is 1.41 bits per heavy atom. The monoisotopic (exact) mass is 444 g/mol. The van der Waals surface area contributed by atoms with Gasteiger partial charge in [0.25, 0.3) is 0 Å². The van der Waals surface area contributed by atoms with Crippen molar-refractivity contribution in [2.45, 2.75) is 24.7 Å². The highest BCUT2D eigenvalue weighted by Crippen LogP contribution is 2.45. The molecule has 4 aromatic carbocycles. The molecule has 0 amide bonds. The predicted octanol–water partition coefficient (Wildman–Crippen LogP) is 7.03. The van der Waals surface area contributed by atoms with E-state index in [-0.39, 0.29) is 17.6 Å². The lowest BCUT2D eigenvalue weighted by Gasteiger charge is -2.32. The van der Waals surface area contributed by atoms with E-state index in [1.165, 1.54) is 22.3 Å². The Morgan fingerprint density at radius 3 is 2.24 bits per heavy atom. The van der Waals surface area contributed by atoms with Crippen LogP contribution in [0.4, 0.5) is 0 Å². The molecule has 1 N–H and O–H groups in total. The summed E-state index contributed by atoms with van der Waals surface area (Å²) in [5.41, 5.74) is 6.23. The maximum absolute atomic E-state index is 13.1. The van der Waals surface area contributed by atoms with Gasteiger partial charge in [-0.05, 0) is 58.7 Å². The van der Waals surface area contributed by atoms with Gasteiger partial charge in [-0.2, -0.15) is 0 Å². The minimum atomic E-state index is -0.462. The average Bonchev–Trinajstić information content (AvgIpc) is 2.89. The Balaban J connectivity index is 1.43. The lowest BCUT2D eigenvalue weighted by molar-refractivity contribution is 0.437. The Labute approximate surface area is 197 Å². The fraction of sp³-hybridized carbons (Fsp3) is 0.129. The van der Waals surface area contributed by atoms with E-state index < -0.39 is 5.63 Å². The van der Waals surface area contributed by atoms with Gasteiger partial charge in [-0.25, -0.2) is 4.79 Å². The zero-order chi connectivity index (χ0) is 23.1. The number of para-hydroxylation sites is 1. The van der Waals surface area contributed by atoms with Crippen molar-refractivity contribution in [2.75, 3.05) is 0 Å². The SMILES string of the molecule is O=c1oc2ccccc2c(O)c1C1C[C@@H](c2ccc(-c3ccccc3)cc2)Cc2ccccc21. The summed E-state index contributed by atoms with van der Waals surface area (Å²) < 4.78 is 5.63. The summed E-state index contributed by atoms with van der Waals surface area (Å²) in [4.78, 5) is 13.1. The van der Waals surface area contributed by atoms with Gasteiger partial charge < -0.3 is 9.52 Å². The molecule has 34 heavy (non-hydrogen) atoms. The maximum Gasteiger partial charge on any atom is 0.343 e. The molecule has 0 fully saturated rings. The molecule has 0 aliphatic heterocycles. The summed E-state index contributed by atoms with van der Waals surface area (Å²) in [5, 5.41) is 11.7. The molecular formula is C31H24O3. The van der Waals surface area contributed by atoms with Crippen LogP contribution in [0.5, 0.6) is 5.75 Å². The van der Waals surface area contributed by atoms with Crippen LogP contribution in [0.15, 0.2) is 112 Å². The fourth-order valence-electron chi connectivity index (χ4n) is 5.38. The van der Waals surface area contributed by atoms with E-state index in [1.54, 1.807) is 18.2 Å². The molecule has 166 valence electrons. The summed E-state index contributed by atoms with van der Waals surface area (Å²) in [6.07, 6.45) is 1.63. The second kappa shape index (κ2) is 8.35. The Kier molecular flexibility index (Phi) is 5.03. The summed E-state index contributed by atoms with van der Waals surface area (Å²) in [7, 11) is 0. The molecule has 0 spiro atoms. The zero-order valence-corrected chi connectivity index (χ0v) is 18.6. The molecule has 1 aromatic heterocycles. The van der Waals surface area contributed by atoms with Crippen LogP contribution in [0.25, 0.3) is 22.1 Å². The molecule has 6 rings (SSSR count). The number of fused-ring (bicyclic) bond motifs is 2. The molecule has 0 radical (unpaired) electrons. The number of rotatable bonds is 3. The lowest BCUT2D eigenvalue weighted by Crippen LogP contribution is -2.23. The number of benzene rings is 4. The van der Waals surface area contributed by atoms with Crippen molar-refractivity contribution in [1.82, 2.24) is 0 Å². The van der Waals surface area contributed by atoms with E-state index in [0.717, 1.165) is 18.4 Å². The summed E-state index contributed by atoms with van der Waals surface area (Å²) in [6, 6.07) is 34.5. The summed E-state index contributed by atoms with van der Waals surface area (Å²) in [6.45, 7) is 0. The van der Waals surface area contributed by atoms with Crippen molar-refractivity contribution in [1.29, 1.82) is 0 Å². The Bertz CT molecular complexity index is 1530. The van der Waals surface area contributed by atoms with Crippen LogP contribution in [0.1, 0.15) is 40.5 Å². The second-order valence-electron chi connectivity index (χ2n) is 9.02. The summed E-state index contributed by atoms with van der Waals surface area (Å²) >= 11 is 0. The van der Waals surface area contributed by atoms with E-state index in [2.05, 4.69) is 48.5 Å². The van der Waals surface area contributed by atoms with Crippen LogP contribution >= 0.6 is 0 Å². The number of hydrogen-bond acceptors (Lipinski definition) is 3. The summed E-state index contributed by atoms with van der Waals surface area (Å²) in [5.74, 6) is 0.0336. The Morgan fingerprint density at radius 1 is 0.735 bits per heavy atom. The van der Waals surface area contributed by atoms with Crippen LogP contribution in [0, 0.1) is 0 Å². The molecule has 0 saturated heterocycles. The van der Waals surface area contributed by atoms with Gasteiger partial charge in [-0.3, -0.25) is 0 Å². The molecule has 2 atom stereocenters. The minimum absolute atomic E-state index is 0.0340. The first-order valence-corrected chi connectivity index (χ1v) is 11.7. The molecule has 0 bridgehead atoms. The van der Waals surface area contributed by atoms with Crippen LogP contribution < -0.4 is 5.63 Å². The highest BCUT2D eigenvalue weighted by molar-refractivity contribution is 5.84. The number of aromatic hydroxyl groups is 1. The van der Waals surface area contributed by atoms with Crippen LogP contribution in [-0.2, 0) is 6.42 Å². The van der Waals surface area contributed by atoms with E-state index in [0.29, 0.717) is 16.5 Å². The highest BCUT2D eigenvalue weighted by atomic mass is 16.4. The molecule has 1 heterocycles. The van der Waals surface area contributed by atoms with E-state index >= 15 is 0 Å². The largest absolute Gasteiger partial charge is 0.507 e. The van der Waals surface area contributed by atoms with E-state index in [9.17, 15) is 9.90 Å². The van der Waals surface area contributed by atoms with Crippen molar-refractivity contribution in [3.8, 4) is 16.9 Å². The van der Waals surface area contributed by atoms with Gasteiger partial charge in [0.1, 0.15) is 11.3 Å². The zero-order valence-electron chi connectivity index (χ0n) is 18.6. The normalized spacial score (nSPS) is 17.4. The topological polar surface area (TPSA) is 50.4 Å². The average molecular weight is 445 g/mol. The first kappa shape index (κ1) is 20.5. The van der Waals surface area contributed by atoms with Crippen molar-refractivity contribution >= 4 is 11.0 Å². The third kappa shape index (κ3) is 3.50. The third-order valence-corrected chi connectivity index (χ3v) is 7.07. The molecule has 0 saturated carbocycles. The van der Waals surface area contributed by atoms with Crippen molar-refractivity contribution < 1.29 is 9.52 Å². The molecule has 3 heteroatoms. The van der Waals surface area contributed by atoms with Crippen LogP contribution in [0.3, 0.4) is 0 Å². The van der Waals surface area contributed by atoms with Gasteiger partial charge in [0.2, 0.25) is 0 Å². The van der Waals surface area contributed by atoms with Gasteiger partial charge in [-0.1, -0.05) is 91.0 Å². The van der Waals surface area contributed by atoms with E-state index in [1.807, 2.05) is 36.4 Å². The molecule has 1 aliphatic carbocycles. The van der Waals surface area contributed by atoms with Crippen molar-refractivity contribution in [2.24, 2.45) is 0 Å². The lowest BCUT2D eigenvalue weighted by atomic mass is 9.72. The van der Waals surface area contributed by atoms with Crippen LogP contribution in [-0.4, -0.2) is 5.11 Å². The van der Waals surface area contributed by atoms with Crippen molar-refractivity contribution in [3.63, 3.8) is 0 Å². The predicted molar refractivity (Wildman–Crippen MR) is 135 cm³/mol. The van der Waals surface area contributed by atoms with Gasteiger partial charge >= 0.3 is 5.63 Å². The smallest absolute Gasteiger partial charge is 0.343 e. The maximum atomic E-state index is 13.1. The quantitative estimate of drug-likeness (QED) is 0.304. The third-order valence-electron chi connectivity index (χ3n) is 7.07. The molecule has 3 nitrogen and oxygen atoms in total. The first-order valence-electron chi connectivity index (χ1n) is 11.7. The Hall–Kier alpha value is -4.11. The minimum Gasteiger partial charge on any atom is -0.507 e. The van der Waals surface area contributed by atoms with Gasteiger partial charge in [0.05, 0.1) is 10.9 Å². The molecular weight excluding hydrogens is 420 g/mol. The second-order valence-corrected chi connectivity index (χ2v) is 9.02. The fourth-order valence-corrected chi connectivity index (χ4v) is 5.38. The standard InChI is InChI=1S/C31H24O3/c32-30-26-12-6-7-13-28(26)34-31(33)29(30)27-19-24(18-23-10-4-5-11-25(23)27)22-16-14-21(15-17-22)20-8-2-1-3-9-20/h1-17,24,27,32H,18-19H2/t24-,27?/m0/s1. The van der Waals surface area contributed by atoms with Crippen LogP contribution in [0.2, 0.25) is 0 Å². The molecule has 5 aromatic rings. The van der Waals surface area contributed by atoms with Gasteiger partial charge in [0.15, 0.2) is 0 Å². The molecule has 1 unspecified atom stereocenters. The van der Waals surface area contributed by atoms with Gasteiger partial charge in [-0.15, -0.1) is 0 Å². The highest BCUT2D eigenvalue weighted by Gasteiger charge is 2.33. The number of hydrogen-bond donors (Lipinski definition) is 1. The van der Waals surface area contributed by atoms with Gasteiger partial charge in [0, 0.05) is 5.92 Å². The van der Waals surface area contributed by atoms with E-state index in [4.69, 9.17) is 4.42 Å². The first-order chi connectivity index (χ1) is 16.7.